The monoisotopic (exact) mass is 262 g/mol. The van der Waals surface area contributed by atoms with Crippen LogP contribution < -0.4 is 15.4 Å². The van der Waals surface area contributed by atoms with Crippen LogP contribution in [-0.2, 0) is 4.79 Å². The molecule has 2 N–H and O–H groups in total. The Labute approximate surface area is 114 Å². The number of nitrogens with one attached hydrogen (secondary N) is 2. The number of amides is 1. The first-order valence-corrected chi connectivity index (χ1v) is 6.95. The molecule has 1 aliphatic rings. The van der Waals surface area contributed by atoms with Crippen molar-refractivity contribution >= 4 is 5.91 Å². The van der Waals surface area contributed by atoms with Crippen LogP contribution >= 0.6 is 0 Å². The van der Waals surface area contributed by atoms with Crippen molar-refractivity contribution in [2.75, 3.05) is 13.2 Å². The lowest BCUT2D eigenvalue weighted by Gasteiger charge is -2.26. The number of fused-ring (bicyclic) bond motifs is 1. The molecule has 2 rings (SSSR count). The van der Waals surface area contributed by atoms with E-state index in [2.05, 4.69) is 23.6 Å². The average Bonchev–Trinajstić information content (AvgIpc) is 2.44. The van der Waals surface area contributed by atoms with Gasteiger partial charge in [-0.05, 0) is 19.4 Å². The molecule has 4 heteroatoms. The maximum Gasteiger partial charge on any atom is 0.234 e. The van der Waals surface area contributed by atoms with E-state index in [0.717, 1.165) is 24.2 Å². The van der Waals surface area contributed by atoms with E-state index in [0.29, 0.717) is 13.2 Å². The molecule has 2 atom stereocenters. The van der Waals surface area contributed by atoms with E-state index < -0.39 is 0 Å². The van der Waals surface area contributed by atoms with Crippen molar-refractivity contribution in [3.05, 3.63) is 29.8 Å². The van der Waals surface area contributed by atoms with Crippen LogP contribution in [0.1, 0.15) is 38.3 Å². The van der Waals surface area contributed by atoms with Crippen LogP contribution in [0.15, 0.2) is 24.3 Å². The predicted molar refractivity (Wildman–Crippen MR) is 75.2 cm³/mol. The first kappa shape index (κ1) is 13.9. The summed E-state index contributed by atoms with van der Waals surface area (Å²) in [5, 5.41) is 6.28. The summed E-state index contributed by atoms with van der Waals surface area (Å²) in [6, 6.07) is 8.43. The standard InChI is InChI=1S/C15H22N2O2/c1-3-11(2)17-15(18)10-16-13-8-9-19-14-7-5-4-6-12(13)14/h4-7,11,13,16H,3,8-10H2,1-2H3,(H,17,18). The fourth-order valence-electron chi connectivity index (χ4n) is 2.20. The van der Waals surface area contributed by atoms with Crippen molar-refractivity contribution < 1.29 is 9.53 Å². The van der Waals surface area contributed by atoms with Gasteiger partial charge < -0.3 is 15.4 Å². The van der Waals surface area contributed by atoms with Crippen LogP contribution in [0.4, 0.5) is 0 Å². The molecule has 0 spiro atoms. The summed E-state index contributed by atoms with van der Waals surface area (Å²) in [5.41, 5.74) is 1.14. The molecule has 0 bridgehead atoms. The molecule has 19 heavy (non-hydrogen) atoms. The summed E-state index contributed by atoms with van der Waals surface area (Å²) < 4.78 is 5.60. The van der Waals surface area contributed by atoms with Gasteiger partial charge in [0.1, 0.15) is 5.75 Å². The number of rotatable bonds is 5. The van der Waals surface area contributed by atoms with Crippen molar-refractivity contribution in [2.45, 2.75) is 38.8 Å². The van der Waals surface area contributed by atoms with E-state index in [-0.39, 0.29) is 18.0 Å². The molecule has 0 saturated carbocycles. The highest BCUT2D eigenvalue weighted by molar-refractivity contribution is 5.78. The van der Waals surface area contributed by atoms with Gasteiger partial charge in [0.15, 0.2) is 0 Å². The summed E-state index contributed by atoms with van der Waals surface area (Å²) in [5.74, 6) is 0.979. The first-order valence-electron chi connectivity index (χ1n) is 6.95. The lowest BCUT2D eigenvalue weighted by molar-refractivity contribution is -0.121. The zero-order chi connectivity index (χ0) is 13.7. The van der Waals surface area contributed by atoms with Gasteiger partial charge >= 0.3 is 0 Å². The van der Waals surface area contributed by atoms with Gasteiger partial charge in [-0.1, -0.05) is 25.1 Å². The Morgan fingerprint density at radius 2 is 2.26 bits per heavy atom. The highest BCUT2D eigenvalue weighted by Gasteiger charge is 2.21. The van der Waals surface area contributed by atoms with Crippen LogP contribution in [0.2, 0.25) is 0 Å². The van der Waals surface area contributed by atoms with E-state index in [1.165, 1.54) is 0 Å². The SMILES string of the molecule is CCC(C)NC(=O)CNC1CCOc2ccccc21. The van der Waals surface area contributed by atoms with Gasteiger partial charge in [-0.3, -0.25) is 4.79 Å². The Bertz CT molecular complexity index is 434. The van der Waals surface area contributed by atoms with Gasteiger partial charge in [0.2, 0.25) is 5.91 Å². The number of carbonyl (C=O) groups excluding carboxylic acids is 1. The predicted octanol–water partition coefficient (Wildman–Crippen LogP) is 2.01. The lowest BCUT2D eigenvalue weighted by Crippen LogP contribution is -2.40. The van der Waals surface area contributed by atoms with Crippen LogP contribution in [0.5, 0.6) is 5.75 Å². The van der Waals surface area contributed by atoms with E-state index in [1.54, 1.807) is 0 Å². The molecule has 0 radical (unpaired) electrons. The molecule has 1 amide bonds. The highest BCUT2D eigenvalue weighted by atomic mass is 16.5. The molecule has 104 valence electrons. The van der Waals surface area contributed by atoms with Crippen LogP contribution in [0, 0.1) is 0 Å². The van der Waals surface area contributed by atoms with Gasteiger partial charge in [0.05, 0.1) is 13.2 Å². The number of benzene rings is 1. The van der Waals surface area contributed by atoms with Crippen molar-refractivity contribution in [2.24, 2.45) is 0 Å². The Kier molecular flexibility index (Phi) is 4.80. The van der Waals surface area contributed by atoms with E-state index >= 15 is 0 Å². The molecule has 0 aromatic heterocycles. The van der Waals surface area contributed by atoms with Crippen molar-refractivity contribution in [3.8, 4) is 5.75 Å². The third-order valence-electron chi connectivity index (χ3n) is 3.49. The van der Waals surface area contributed by atoms with E-state index in [1.807, 2.05) is 25.1 Å². The van der Waals surface area contributed by atoms with Crippen molar-refractivity contribution in [1.82, 2.24) is 10.6 Å². The Hall–Kier alpha value is -1.55. The molecule has 1 aromatic rings. The molecule has 0 saturated heterocycles. The summed E-state index contributed by atoms with van der Waals surface area (Å²) in [6.07, 6.45) is 1.85. The Morgan fingerprint density at radius 3 is 3.05 bits per heavy atom. The summed E-state index contributed by atoms with van der Waals surface area (Å²) >= 11 is 0. The van der Waals surface area contributed by atoms with Crippen molar-refractivity contribution in [3.63, 3.8) is 0 Å². The summed E-state index contributed by atoms with van der Waals surface area (Å²) in [6.45, 7) is 5.12. The van der Waals surface area contributed by atoms with Gasteiger partial charge in [-0.15, -0.1) is 0 Å². The third kappa shape index (κ3) is 3.70. The molecule has 1 aromatic carbocycles. The zero-order valence-electron chi connectivity index (χ0n) is 11.6. The molecule has 2 unspecified atom stereocenters. The van der Waals surface area contributed by atoms with Crippen molar-refractivity contribution in [1.29, 1.82) is 0 Å². The fourth-order valence-corrected chi connectivity index (χ4v) is 2.20. The normalized spacial score (nSPS) is 19.2. The fraction of sp³-hybridized carbons (Fsp3) is 0.533. The molecule has 0 fully saturated rings. The van der Waals surface area contributed by atoms with Gasteiger partial charge in [0.25, 0.3) is 0 Å². The lowest BCUT2D eigenvalue weighted by atomic mass is 10.0. The second-order valence-corrected chi connectivity index (χ2v) is 4.99. The first-order chi connectivity index (χ1) is 9.20. The molecule has 0 aliphatic carbocycles. The maximum absolute atomic E-state index is 11.8. The smallest absolute Gasteiger partial charge is 0.234 e. The maximum atomic E-state index is 11.8. The zero-order valence-corrected chi connectivity index (χ0v) is 11.6. The second-order valence-electron chi connectivity index (χ2n) is 4.99. The quantitative estimate of drug-likeness (QED) is 0.853. The number of hydrogen-bond acceptors (Lipinski definition) is 3. The summed E-state index contributed by atoms with van der Waals surface area (Å²) in [7, 11) is 0. The Morgan fingerprint density at radius 1 is 1.47 bits per heavy atom. The molecular formula is C15H22N2O2. The minimum Gasteiger partial charge on any atom is -0.493 e. The summed E-state index contributed by atoms with van der Waals surface area (Å²) in [4.78, 5) is 11.8. The average molecular weight is 262 g/mol. The molecular weight excluding hydrogens is 240 g/mol. The van der Waals surface area contributed by atoms with Gasteiger partial charge in [0, 0.05) is 24.1 Å². The largest absolute Gasteiger partial charge is 0.493 e. The number of hydrogen-bond donors (Lipinski definition) is 2. The van der Waals surface area contributed by atoms with E-state index in [4.69, 9.17) is 4.74 Å². The molecule has 1 heterocycles. The van der Waals surface area contributed by atoms with Crippen LogP contribution in [-0.4, -0.2) is 25.1 Å². The van der Waals surface area contributed by atoms with E-state index in [9.17, 15) is 4.79 Å². The van der Waals surface area contributed by atoms with Gasteiger partial charge in [-0.2, -0.15) is 0 Å². The minimum atomic E-state index is 0.0540. The highest BCUT2D eigenvalue weighted by Crippen LogP contribution is 2.31. The third-order valence-corrected chi connectivity index (χ3v) is 3.49. The van der Waals surface area contributed by atoms with Crippen LogP contribution in [0.3, 0.4) is 0 Å². The number of carbonyl (C=O) groups is 1. The topological polar surface area (TPSA) is 50.4 Å². The molecule has 4 nitrogen and oxygen atoms in total. The number of ether oxygens (including phenoxy) is 1. The van der Waals surface area contributed by atoms with Gasteiger partial charge in [-0.25, -0.2) is 0 Å². The second kappa shape index (κ2) is 6.57. The molecule has 1 aliphatic heterocycles. The Balaban J connectivity index is 1.89. The van der Waals surface area contributed by atoms with Crippen LogP contribution in [0.25, 0.3) is 0 Å². The minimum absolute atomic E-state index is 0.0540. The number of para-hydroxylation sites is 1.